The van der Waals surface area contributed by atoms with Gasteiger partial charge in [0.2, 0.25) is 5.91 Å². The molecule has 0 bridgehead atoms. The second-order valence-electron chi connectivity index (χ2n) is 7.44. The molecule has 0 rings (SSSR count). The van der Waals surface area contributed by atoms with Gasteiger partial charge in [-0.05, 0) is 6.42 Å². The van der Waals surface area contributed by atoms with E-state index in [9.17, 15) is 4.79 Å². The minimum atomic E-state index is -0.833. The summed E-state index contributed by atoms with van der Waals surface area (Å²) >= 11 is 0. The van der Waals surface area contributed by atoms with Crippen LogP contribution in [0.25, 0.3) is 0 Å². The molecule has 0 unspecified atom stereocenters. The SMILES string of the molecule is CC(=O)O.CCCCCCCCCCCCCC(=O)NCCNCCNCCN. The molecule has 6 N–H and O–H groups in total. The molecule has 1 amide bonds. The van der Waals surface area contributed by atoms with E-state index in [2.05, 4.69) is 22.9 Å². The van der Waals surface area contributed by atoms with E-state index < -0.39 is 5.97 Å². The molecule has 7 heteroatoms. The standard InChI is InChI=1S/C20H44N4O.C2H4O2/c1-2-3-4-5-6-7-8-9-10-11-12-13-20(25)24-19-18-23-17-16-22-15-14-21;1-2(3)4/h22-23H,2-19,21H2,1H3,(H,24,25);1H3,(H,3,4). The number of unbranched alkanes of at least 4 members (excludes halogenated alkanes) is 10. The lowest BCUT2D eigenvalue weighted by atomic mass is 10.1. The second-order valence-corrected chi connectivity index (χ2v) is 7.44. The number of carbonyl (C=O) groups is 2. The first-order chi connectivity index (χ1) is 14.0. The van der Waals surface area contributed by atoms with E-state index in [0.29, 0.717) is 19.5 Å². The first-order valence-corrected chi connectivity index (χ1v) is 11.6. The van der Waals surface area contributed by atoms with Crippen LogP contribution in [0.1, 0.15) is 90.9 Å². The molecule has 0 atom stereocenters. The Morgan fingerprint density at radius 1 is 0.724 bits per heavy atom. The van der Waals surface area contributed by atoms with Crippen molar-refractivity contribution in [3.05, 3.63) is 0 Å². The Bertz CT molecular complexity index is 351. The summed E-state index contributed by atoms with van der Waals surface area (Å²) in [6, 6.07) is 0. The molecule has 0 aliphatic rings. The number of carboxylic acids is 1. The first-order valence-electron chi connectivity index (χ1n) is 11.6. The van der Waals surface area contributed by atoms with Crippen molar-refractivity contribution < 1.29 is 14.7 Å². The van der Waals surface area contributed by atoms with E-state index in [1.165, 1.54) is 64.2 Å². The van der Waals surface area contributed by atoms with Crippen molar-refractivity contribution in [1.82, 2.24) is 16.0 Å². The predicted octanol–water partition coefficient (Wildman–Crippen LogP) is 3.03. The molecular weight excluding hydrogens is 368 g/mol. The number of amides is 1. The molecule has 0 fully saturated rings. The third kappa shape index (κ3) is 34.7. The van der Waals surface area contributed by atoms with Crippen molar-refractivity contribution in [3.8, 4) is 0 Å². The highest BCUT2D eigenvalue weighted by atomic mass is 16.4. The van der Waals surface area contributed by atoms with Gasteiger partial charge in [0.15, 0.2) is 0 Å². The quantitative estimate of drug-likeness (QED) is 0.195. The molecule has 0 aromatic carbocycles. The monoisotopic (exact) mass is 416 g/mol. The Morgan fingerprint density at radius 2 is 1.14 bits per heavy atom. The summed E-state index contributed by atoms with van der Waals surface area (Å²) in [6.45, 7) is 8.26. The highest BCUT2D eigenvalue weighted by Crippen LogP contribution is 2.11. The fourth-order valence-electron chi connectivity index (χ4n) is 2.86. The van der Waals surface area contributed by atoms with E-state index >= 15 is 0 Å². The number of carbonyl (C=O) groups excluding carboxylic acids is 1. The molecule has 0 aliphatic heterocycles. The Hall–Kier alpha value is -1.18. The number of aliphatic carboxylic acids is 1. The van der Waals surface area contributed by atoms with Crippen LogP contribution in [0.4, 0.5) is 0 Å². The molecule has 0 aliphatic carbocycles. The maximum absolute atomic E-state index is 11.7. The van der Waals surface area contributed by atoms with Crippen molar-refractivity contribution in [2.45, 2.75) is 90.9 Å². The third-order valence-corrected chi connectivity index (χ3v) is 4.43. The highest BCUT2D eigenvalue weighted by molar-refractivity contribution is 5.75. The van der Waals surface area contributed by atoms with E-state index in [0.717, 1.165) is 39.5 Å². The number of hydrogen-bond donors (Lipinski definition) is 5. The van der Waals surface area contributed by atoms with Gasteiger partial charge in [-0.2, -0.15) is 0 Å². The second kappa shape index (κ2) is 26.8. The fourth-order valence-corrected chi connectivity index (χ4v) is 2.86. The summed E-state index contributed by atoms with van der Waals surface area (Å²) < 4.78 is 0. The Kier molecular flexibility index (Phi) is 27.8. The van der Waals surface area contributed by atoms with Crippen molar-refractivity contribution >= 4 is 11.9 Å². The summed E-state index contributed by atoms with van der Waals surface area (Å²) in [4.78, 5) is 20.7. The van der Waals surface area contributed by atoms with Crippen molar-refractivity contribution in [1.29, 1.82) is 0 Å². The van der Waals surface area contributed by atoms with Crippen LogP contribution < -0.4 is 21.7 Å². The summed E-state index contributed by atoms with van der Waals surface area (Å²) in [6.07, 6.45) is 15.2. The van der Waals surface area contributed by atoms with Gasteiger partial charge in [-0.15, -0.1) is 0 Å². The van der Waals surface area contributed by atoms with Crippen LogP contribution in [0, 0.1) is 0 Å². The van der Waals surface area contributed by atoms with Gasteiger partial charge >= 0.3 is 0 Å². The lowest BCUT2D eigenvalue weighted by molar-refractivity contribution is -0.134. The average molecular weight is 417 g/mol. The van der Waals surface area contributed by atoms with Crippen molar-refractivity contribution in [2.75, 3.05) is 39.3 Å². The number of rotatable bonds is 20. The molecule has 29 heavy (non-hydrogen) atoms. The summed E-state index contributed by atoms with van der Waals surface area (Å²) in [7, 11) is 0. The minimum absolute atomic E-state index is 0.194. The number of carboxylic acid groups (broad SMARTS) is 1. The van der Waals surface area contributed by atoms with E-state index in [4.69, 9.17) is 15.6 Å². The maximum atomic E-state index is 11.7. The van der Waals surface area contributed by atoms with E-state index in [-0.39, 0.29) is 5.91 Å². The molecule has 0 radical (unpaired) electrons. The normalized spacial score (nSPS) is 10.3. The molecule has 0 aromatic rings. The zero-order valence-corrected chi connectivity index (χ0v) is 19.1. The van der Waals surface area contributed by atoms with Crippen LogP contribution in [0.5, 0.6) is 0 Å². The molecule has 0 saturated carbocycles. The number of nitrogens with one attached hydrogen (secondary N) is 3. The first kappa shape index (κ1) is 30.0. The van der Waals surface area contributed by atoms with Crippen molar-refractivity contribution in [2.24, 2.45) is 5.73 Å². The smallest absolute Gasteiger partial charge is 0.300 e. The van der Waals surface area contributed by atoms with Crippen LogP contribution in [-0.2, 0) is 9.59 Å². The average Bonchev–Trinajstić information content (AvgIpc) is 2.67. The van der Waals surface area contributed by atoms with Gasteiger partial charge in [0, 0.05) is 52.6 Å². The molecule has 0 spiro atoms. The maximum Gasteiger partial charge on any atom is 0.300 e. The van der Waals surface area contributed by atoms with Crippen LogP contribution in [0.15, 0.2) is 0 Å². The minimum Gasteiger partial charge on any atom is -0.481 e. The van der Waals surface area contributed by atoms with Crippen LogP contribution in [-0.4, -0.2) is 56.3 Å². The van der Waals surface area contributed by atoms with E-state index in [1.807, 2.05) is 0 Å². The largest absolute Gasteiger partial charge is 0.481 e. The molecule has 0 heterocycles. The van der Waals surface area contributed by atoms with Crippen LogP contribution in [0.2, 0.25) is 0 Å². The Labute approximate surface area is 179 Å². The predicted molar refractivity (Wildman–Crippen MR) is 122 cm³/mol. The molecule has 174 valence electrons. The zero-order chi connectivity index (χ0) is 22.0. The summed E-state index contributed by atoms with van der Waals surface area (Å²) in [5.74, 6) is -0.640. The highest BCUT2D eigenvalue weighted by Gasteiger charge is 2.00. The molecule has 7 nitrogen and oxygen atoms in total. The lowest BCUT2D eigenvalue weighted by Crippen LogP contribution is -2.35. The van der Waals surface area contributed by atoms with E-state index in [1.54, 1.807) is 0 Å². The van der Waals surface area contributed by atoms with Crippen LogP contribution in [0.3, 0.4) is 0 Å². The topological polar surface area (TPSA) is 116 Å². The number of hydrogen-bond acceptors (Lipinski definition) is 5. The van der Waals surface area contributed by atoms with Gasteiger partial charge in [-0.25, -0.2) is 0 Å². The van der Waals surface area contributed by atoms with Crippen LogP contribution >= 0.6 is 0 Å². The van der Waals surface area contributed by atoms with Gasteiger partial charge in [0.25, 0.3) is 5.97 Å². The van der Waals surface area contributed by atoms with Gasteiger partial charge in [0.05, 0.1) is 0 Å². The molecule has 0 saturated heterocycles. The fraction of sp³-hybridized carbons (Fsp3) is 0.909. The Morgan fingerprint density at radius 3 is 1.62 bits per heavy atom. The third-order valence-electron chi connectivity index (χ3n) is 4.43. The zero-order valence-electron chi connectivity index (χ0n) is 19.1. The van der Waals surface area contributed by atoms with Crippen molar-refractivity contribution in [3.63, 3.8) is 0 Å². The lowest BCUT2D eigenvalue weighted by Gasteiger charge is -2.07. The Balaban J connectivity index is 0. The van der Waals surface area contributed by atoms with Gasteiger partial charge in [0.1, 0.15) is 0 Å². The molecule has 0 aromatic heterocycles. The summed E-state index contributed by atoms with van der Waals surface area (Å²) in [5, 5.41) is 16.9. The summed E-state index contributed by atoms with van der Waals surface area (Å²) in [5.41, 5.74) is 5.39. The molecular formula is C22H48N4O3. The van der Waals surface area contributed by atoms with Gasteiger partial charge in [-0.1, -0.05) is 71.1 Å². The van der Waals surface area contributed by atoms with Gasteiger partial charge in [-0.3, -0.25) is 9.59 Å². The number of nitrogens with two attached hydrogens (primary N) is 1. The van der Waals surface area contributed by atoms with Gasteiger partial charge < -0.3 is 26.8 Å².